The monoisotopic (exact) mass is 451 g/mol. The number of benzene rings is 1. The molecule has 2 aromatic rings. The molecule has 1 fully saturated rings. The van der Waals surface area contributed by atoms with Gasteiger partial charge in [-0.1, -0.05) is 35.5 Å². The van der Waals surface area contributed by atoms with Crippen molar-refractivity contribution in [3.05, 3.63) is 63.6 Å². The van der Waals surface area contributed by atoms with Crippen LogP contribution in [-0.4, -0.2) is 50.3 Å². The van der Waals surface area contributed by atoms with Gasteiger partial charge in [0.2, 0.25) is 5.43 Å². The van der Waals surface area contributed by atoms with E-state index >= 15 is 0 Å². The standard InChI is InChI=1S/C24H25N3O6/c1-14-10-24(33-25-14)9-8-15(2)26-12-18(24)27-11-17(23(30)31)20(28)21(19(27)22(26)29)32-13-16-6-4-3-5-7-16/h3-7,11,15,18H,8-10,12-13H2,1-2H3,(H,30,31)/t15-,18?,24-/m0/s1. The smallest absolute Gasteiger partial charge is 0.341 e. The molecule has 3 atom stereocenters. The lowest BCUT2D eigenvalue weighted by Crippen LogP contribution is -2.52. The minimum atomic E-state index is -1.37. The fourth-order valence-electron chi connectivity index (χ4n) is 5.13. The molecule has 9 nitrogen and oxygen atoms in total. The zero-order valence-corrected chi connectivity index (χ0v) is 18.5. The van der Waals surface area contributed by atoms with Gasteiger partial charge in [-0.15, -0.1) is 0 Å². The van der Waals surface area contributed by atoms with Gasteiger partial charge < -0.3 is 24.1 Å². The number of oxime groups is 1. The van der Waals surface area contributed by atoms with Crippen molar-refractivity contribution in [3.8, 4) is 5.75 Å². The van der Waals surface area contributed by atoms with Gasteiger partial charge in [0.1, 0.15) is 12.2 Å². The summed E-state index contributed by atoms with van der Waals surface area (Å²) < 4.78 is 7.48. The number of carbonyl (C=O) groups is 2. The van der Waals surface area contributed by atoms with Crippen LogP contribution in [0.5, 0.6) is 5.75 Å². The van der Waals surface area contributed by atoms with E-state index in [1.165, 1.54) is 6.20 Å². The first-order valence-electron chi connectivity index (χ1n) is 11.0. The Morgan fingerprint density at radius 2 is 2.06 bits per heavy atom. The Kier molecular flexibility index (Phi) is 4.99. The lowest BCUT2D eigenvalue weighted by molar-refractivity contribution is -0.0656. The number of hydrogen-bond acceptors (Lipinski definition) is 6. The van der Waals surface area contributed by atoms with Crippen LogP contribution in [0.25, 0.3) is 0 Å². The number of carboxylic acids is 1. The molecule has 1 unspecified atom stereocenters. The summed E-state index contributed by atoms with van der Waals surface area (Å²) in [5.41, 5.74) is -0.256. The first kappa shape index (κ1) is 21.2. The van der Waals surface area contributed by atoms with Crippen LogP contribution in [0.4, 0.5) is 0 Å². The summed E-state index contributed by atoms with van der Waals surface area (Å²) in [6, 6.07) is 8.72. The van der Waals surface area contributed by atoms with E-state index in [4.69, 9.17) is 9.57 Å². The number of nitrogens with zero attached hydrogens (tertiary/aromatic N) is 3. The summed E-state index contributed by atoms with van der Waals surface area (Å²) in [5.74, 6) is -1.95. The van der Waals surface area contributed by atoms with Crippen molar-refractivity contribution in [2.75, 3.05) is 6.54 Å². The van der Waals surface area contributed by atoms with E-state index in [0.717, 1.165) is 11.3 Å². The highest BCUT2D eigenvalue weighted by Gasteiger charge is 2.53. The number of fused-ring (bicyclic) bond motifs is 5. The summed E-state index contributed by atoms with van der Waals surface area (Å²) in [5, 5.41) is 13.9. The lowest BCUT2D eigenvalue weighted by Gasteiger charge is -2.42. The maximum atomic E-state index is 13.6. The second kappa shape index (κ2) is 7.75. The maximum absolute atomic E-state index is 13.6. The van der Waals surface area contributed by atoms with Crippen LogP contribution >= 0.6 is 0 Å². The third kappa shape index (κ3) is 3.39. The van der Waals surface area contributed by atoms with E-state index in [1.807, 2.05) is 44.2 Å². The molecule has 1 saturated heterocycles. The van der Waals surface area contributed by atoms with Gasteiger partial charge in [0, 0.05) is 25.2 Å². The van der Waals surface area contributed by atoms with Crippen molar-refractivity contribution in [1.29, 1.82) is 0 Å². The van der Waals surface area contributed by atoms with E-state index in [2.05, 4.69) is 5.16 Å². The van der Waals surface area contributed by atoms with Crippen LogP contribution in [0.3, 0.4) is 0 Å². The van der Waals surface area contributed by atoms with Crippen LogP contribution in [0.2, 0.25) is 0 Å². The zero-order valence-electron chi connectivity index (χ0n) is 18.5. The van der Waals surface area contributed by atoms with E-state index in [0.29, 0.717) is 25.8 Å². The molecule has 1 aromatic carbocycles. The van der Waals surface area contributed by atoms with Crippen molar-refractivity contribution in [1.82, 2.24) is 9.47 Å². The highest BCUT2D eigenvalue weighted by Crippen LogP contribution is 2.46. The van der Waals surface area contributed by atoms with Crippen LogP contribution in [0.1, 0.15) is 65.6 Å². The Labute approximate surface area is 190 Å². The summed E-state index contributed by atoms with van der Waals surface area (Å²) in [7, 11) is 0. The largest absolute Gasteiger partial charge is 0.483 e. The van der Waals surface area contributed by atoms with Gasteiger partial charge in [-0.3, -0.25) is 9.59 Å². The van der Waals surface area contributed by atoms with Crippen molar-refractivity contribution < 1.29 is 24.3 Å². The molecule has 1 amide bonds. The SMILES string of the molecule is CC1=NO[C@@]2(CC[C@H](C)N3CC2n2cc(C(=O)O)c(=O)c(OCc4ccccc4)c2C3=O)C1. The van der Waals surface area contributed by atoms with Gasteiger partial charge in [0.25, 0.3) is 5.91 Å². The molecule has 1 spiro atoms. The molecule has 33 heavy (non-hydrogen) atoms. The number of rotatable bonds is 4. The number of aromatic nitrogens is 1. The Hall–Kier alpha value is -3.62. The van der Waals surface area contributed by atoms with Gasteiger partial charge >= 0.3 is 5.97 Å². The van der Waals surface area contributed by atoms with Crippen molar-refractivity contribution in [2.24, 2.45) is 5.16 Å². The predicted molar refractivity (Wildman–Crippen MR) is 119 cm³/mol. The fraction of sp³-hybridized carbons (Fsp3) is 0.417. The molecule has 3 aliphatic rings. The molecule has 2 bridgehead atoms. The second-order valence-corrected chi connectivity index (χ2v) is 9.06. The Bertz CT molecular complexity index is 1220. The van der Waals surface area contributed by atoms with Gasteiger partial charge in [-0.2, -0.15) is 0 Å². The number of pyridine rings is 1. The van der Waals surface area contributed by atoms with Crippen LogP contribution < -0.4 is 10.2 Å². The average molecular weight is 451 g/mol. The van der Waals surface area contributed by atoms with Gasteiger partial charge in [-0.25, -0.2) is 4.79 Å². The topological polar surface area (TPSA) is 110 Å². The molecule has 0 saturated carbocycles. The minimum absolute atomic E-state index is 0.0313. The molecule has 1 aromatic heterocycles. The number of ether oxygens (including phenoxy) is 1. The lowest BCUT2D eigenvalue weighted by atomic mass is 9.84. The molecule has 1 N–H and O–H groups in total. The number of carboxylic acid groups (broad SMARTS) is 1. The Morgan fingerprint density at radius 3 is 2.73 bits per heavy atom. The molecule has 172 valence electrons. The molecule has 5 rings (SSSR count). The second-order valence-electron chi connectivity index (χ2n) is 9.06. The van der Waals surface area contributed by atoms with Crippen LogP contribution in [0.15, 0.2) is 46.5 Å². The minimum Gasteiger partial charge on any atom is -0.483 e. The van der Waals surface area contributed by atoms with Crippen molar-refractivity contribution in [2.45, 2.75) is 57.4 Å². The van der Waals surface area contributed by atoms with E-state index in [9.17, 15) is 19.5 Å². The molecule has 3 aliphatic heterocycles. The van der Waals surface area contributed by atoms with Crippen LogP contribution in [-0.2, 0) is 11.4 Å². The van der Waals surface area contributed by atoms with Crippen molar-refractivity contribution >= 4 is 17.6 Å². The summed E-state index contributed by atoms with van der Waals surface area (Å²) in [6.45, 7) is 4.23. The highest BCUT2D eigenvalue weighted by atomic mass is 16.7. The van der Waals surface area contributed by atoms with Crippen molar-refractivity contribution in [3.63, 3.8) is 0 Å². The van der Waals surface area contributed by atoms with Crippen LogP contribution in [0, 0.1) is 0 Å². The molecule has 9 heteroatoms. The molecule has 0 radical (unpaired) electrons. The van der Waals surface area contributed by atoms with Gasteiger partial charge in [0.05, 0.1) is 11.8 Å². The van der Waals surface area contributed by atoms with E-state index < -0.39 is 28.6 Å². The van der Waals surface area contributed by atoms with E-state index in [-0.39, 0.29) is 30.0 Å². The summed E-state index contributed by atoms with van der Waals surface area (Å²) in [4.78, 5) is 46.4. The van der Waals surface area contributed by atoms with Gasteiger partial charge in [0.15, 0.2) is 17.0 Å². The first-order chi connectivity index (χ1) is 15.8. The zero-order chi connectivity index (χ0) is 23.3. The normalized spacial score (nSPS) is 25.8. The Balaban J connectivity index is 1.69. The third-order valence-electron chi connectivity index (χ3n) is 6.88. The molecular formula is C24H25N3O6. The summed E-state index contributed by atoms with van der Waals surface area (Å²) >= 11 is 0. The molecule has 4 heterocycles. The number of amides is 1. The quantitative estimate of drug-likeness (QED) is 0.765. The van der Waals surface area contributed by atoms with Gasteiger partial charge in [-0.05, 0) is 32.3 Å². The Morgan fingerprint density at radius 1 is 1.30 bits per heavy atom. The molecular weight excluding hydrogens is 426 g/mol. The predicted octanol–water partition coefficient (Wildman–Crippen LogP) is 2.84. The highest BCUT2D eigenvalue weighted by molar-refractivity contribution is 5.98. The third-order valence-corrected chi connectivity index (χ3v) is 6.88. The number of aromatic carboxylic acids is 1. The maximum Gasteiger partial charge on any atom is 0.341 e. The number of carbonyl (C=O) groups excluding carboxylic acids is 1. The van der Waals surface area contributed by atoms with E-state index in [1.54, 1.807) is 9.47 Å². The fourth-order valence-corrected chi connectivity index (χ4v) is 5.13. The first-order valence-corrected chi connectivity index (χ1v) is 11.0. The molecule has 0 aliphatic carbocycles. The number of hydrogen-bond donors (Lipinski definition) is 1. The average Bonchev–Trinajstić information content (AvgIpc) is 3.13. The summed E-state index contributed by atoms with van der Waals surface area (Å²) in [6.07, 6.45) is 3.19.